The molecule has 2 nitrogen and oxygen atoms in total. The van der Waals surface area contributed by atoms with Gasteiger partial charge in [0.15, 0.2) is 0 Å². The van der Waals surface area contributed by atoms with Crippen LogP contribution in [-0.4, -0.2) is 17.3 Å². The Bertz CT molecular complexity index is 224. The largest absolute Gasteiger partial charge is 0.310 e. The lowest BCUT2D eigenvalue weighted by atomic mass is 10.4. The van der Waals surface area contributed by atoms with Crippen LogP contribution in [0.15, 0.2) is 42.2 Å². The van der Waals surface area contributed by atoms with Gasteiger partial charge in [-0.2, -0.15) is 0 Å². The van der Waals surface area contributed by atoms with Crippen LogP contribution < -0.4 is 0 Å². The number of amidine groups is 1. The Kier molecular flexibility index (Phi) is 6.60. The Morgan fingerprint density at radius 2 is 2.08 bits per heavy atom. The van der Waals surface area contributed by atoms with Crippen molar-refractivity contribution in [2.24, 2.45) is 4.99 Å². The molecule has 0 radical (unpaired) electrons. The summed E-state index contributed by atoms with van der Waals surface area (Å²) in [5.41, 5.74) is 0. The predicted octanol–water partition coefficient (Wildman–Crippen LogP) is 2.96. The second-order valence-electron chi connectivity index (χ2n) is 2.40. The van der Waals surface area contributed by atoms with Gasteiger partial charge in [0.2, 0.25) is 0 Å². The van der Waals surface area contributed by atoms with E-state index in [9.17, 15) is 0 Å². The zero-order valence-corrected chi connectivity index (χ0v) is 8.70. The van der Waals surface area contributed by atoms with Crippen molar-refractivity contribution in [3.05, 3.63) is 37.2 Å². The third-order valence-electron chi connectivity index (χ3n) is 1.41. The lowest BCUT2D eigenvalue weighted by Gasteiger charge is -2.14. The van der Waals surface area contributed by atoms with Gasteiger partial charge in [0.05, 0.1) is 0 Å². The van der Waals surface area contributed by atoms with Crippen LogP contribution >= 0.6 is 0 Å². The van der Waals surface area contributed by atoms with Crippen molar-refractivity contribution < 1.29 is 0 Å². The molecular weight excluding hydrogens is 160 g/mol. The van der Waals surface area contributed by atoms with E-state index in [4.69, 9.17) is 0 Å². The highest BCUT2D eigenvalue weighted by molar-refractivity contribution is 5.94. The predicted molar refractivity (Wildman–Crippen MR) is 59.6 cm³/mol. The monoisotopic (exact) mass is 178 g/mol. The summed E-state index contributed by atoms with van der Waals surface area (Å²) in [6.07, 6.45) is 9.56. The maximum Gasteiger partial charge on any atom is 0.131 e. The molecule has 0 aromatic carbocycles. The number of allylic oxidation sites excluding steroid dienone is 2. The van der Waals surface area contributed by atoms with Gasteiger partial charge in [-0.25, -0.2) is 0 Å². The van der Waals surface area contributed by atoms with Crippen molar-refractivity contribution in [2.45, 2.75) is 20.8 Å². The Labute approximate surface area is 81.0 Å². The van der Waals surface area contributed by atoms with Gasteiger partial charge in [-0.3, -0.25) is 4.99 Å². The molecule has 0 aromatic heterocycles. The van der Waals surface area contributed by atoms with E-state index in [0.717, 1.165) is 12.4 Å². The van der Waals surface area contributed by atoms with Crippen LogP contribution in [0.1, 0.15) is 20.8 Å². The number of hydrogen-bond donors (Lipinski definition) is 0. The highest BCUT2D eigenvalue weighted by Crippen LogP contribution is 1.97. The van der Waals surface area contributed by atoms with Crippen molar-refractivity contribution in [3.8, 4) is 0 Å². The van der Waals surface area contributed by atoms with Crippen LogP contribution in [0.4, 0.5) is 0 Å². The molecule has 0 rings (SSSR count). The minimum Gasteiger partial charge on any atom is -0.310 e. The average molecular weight is 178 g/mol. The van der Waals surface area contributed by atoms with Gasteiger partial charge in [-0.05, 0) is 26.8 Å². The average Bonchev–Trinajstić information content (AvgIpc) is 2.14. The zero-order valence-electron chi connectivity index (χ0n) is 8.70. The molecule has 0 bridgehead atoms. The molecule has 0 saturated heterocycles. The topological polar surface area (TPSA) is 15.6 Å². The first-order valence-corrected chi connectivity index (χ1v) is 4.51. The van der Waals surface area contributed by atoms with Crippen LogP contribution in [0.25, 0.3) is 0 Å². The van der Waals surface area contributed by atoms with Crippen LogP contribution in [0.2, 0.25) is 0 Å². The third kappa shape index (κ3) is 4.31. The lowest BCUT2D eigenvalue weighted by Crippen LogP contribution is -2.17. The van der Waals surface area contributed by atoms with Crippen molar-refractivity contribution >= 4 is 5.84 Å². The SMILES string of the molecule is C=CN(/C=C\C)C(/C=C\C)=NCC. The molecular formula is C11H18N2. The van der Waals surface area contributed by atoms with E-state index in [1.54, 1.807) is 6.20 Å². The fourth-order valence-corrected chi connectivity index (χ4v) is 0.923. The van der Waals surface area contributed by atoms with Crippen LogP contribution in [0.5, 0.6) is 0 Å². The summed E-state index contributed by atoms with van der Waals surface area (Å²) in [7, 11) is 0. The molecule has 0 aliphatic heterocycles. The fraction of sp³-hybridized carbons (Fsp3) is 0.364. The van der Waals surface area contributed by atoms with Gasteiger partial charge in [0.25, 0.3) is 0 Å². The van der Waals surface area contributed by atoms with E-state index in [2.05, 4.69) is 11.6 Å². The lowest BCUT2D eigenvalue weighted by molar-refractivity contribution is 0.757. The summed E-state index contributed by atoms with van der Waals surface area (Å²) in [5, 5.41) is 0. The molecule has 0 spiro atoms. The zero-order chi connectivity index (χ0) is 10.1. The van der Waals surface area contributed by atoms with Crippen LogP contribution in [0.3, 0.4) is 0 Å². The van der Waals surface area contributed by atoms with E-state index in [1.807, 2.05) is 50.1 Å². The van der Waals surface area contributed by atoms with E-state index in [-0.39, 0.29) is 0 Å². The minimum absolute atomic E-state index is 0.779. The maximum atomic E-state index is 4.34. The van der Waals surface area contributed by atoms with E-state index in [1.165, 1.54) is 0 Å². The van der Waals surface area contributed by atoms with Crippen LogP contribution in [0, 0.1) is 0 Å². The number of nitrogens with zero attached hydrogens (tertiary/aromatic N) is 2. The second-order valence-corrected chi connectivity index (χ2v) is 2.40. The van der Waals surface area contributed by atoms with Crippen LogP contribution in [-0.2, 0) is 0 Å². The summed E-state index contributed by atoms with van der Waals surface area (Å²) >= 11 is 0. The smallest absolute Gasteiger partial charge is 0.131 e. The number of aliphatic imine (C=N–C) groups is 1. The quantitative estimate of drug-likeness (QED) is 0.477. The van der Waals surface area contributed by atoms with E-state index >= 15 is 0 Å². The molecule has 0 aliphatic rings. The molecule has 0 unspecified atom stereocenters. The number of rotatable bonds is 4. The molecule has 13 heavy (non-hydrogen) atoms. The number of hydrogen-bond acceptors (Lipinski definition) is 1. The Balaban J connectivity index is 4.68. The standard InChI is InChI=1S/C11H18N2/c1-5-9-11(12-7-3)13(8-4)10-6-2/h5-6,8-10H,4,7H2,1-3H3/b9-5-,10-6-,12-11?. The summed E-state index contributed by atoms with van der Waals surface area (Å²) in [6.45, 7) is 10.5. The Morgan fingerprint density at radius 3 is 2.46 bits per heavy atom. The van der Waals surface area contributed by atoms with Gasteiger partial charge in [0.1, 0.15) is 5.84 Å². The van der Waals surface area contributed by atoms with Gasteiger partial charge in [-0.1, -0.05) is 18.7 Å². The Hall–Kier alpha value is -1.31. The first kappa shape index (κ1) is 11.7. The first-order valence-electron chi connectivity index (χ1n) is 4.51. The van der Waals surface area contributed by atoms with Crippen molar-refractivity contribution in [1.82, 2.24) is 4.90 Å². The molecule has 72 valence electrons. The molecule has 0 aliphatic carbocycles. The summed E-state index contributed by atoms with van der Waals surface area (Å²) in [6, 6.07) is 0. The van der Waals surface area contributed by atoms with E-state index < -0.39 is 0 Å². The van der Waals surface area contributed by atoms with Gasteiger partial charge >= 0.3 is 0 Å². The highest BCUT2D eigenvalue weighted by Gasteiger charge is 1.98. The second kappa shape index (κ2) is 7.35. The highest BCUT2D eigenvalue weighted by atomic mass is 15.1. The summed E-state index contributed by atoms with van der Waals surface area (Å²) in [4.78, 5) is 6.23. The van der Waals surface area contributed by atoms with Crippen molar-refractivity contribution in [3.63, 3.8) is 0 Å². The maximum absolute atomic E-state index is 4.34. The van der Waals surface area contributed by atoms with E-state index in [0.29, 0.717) is 0 Å². The van der Waals surface area contributed by atoms with Crippen molar-refractivity contribution in [1.29, 1.82) is 0 Å². The van der Waals surface area contributed by atoms with Gasteiger partial charge in [-0.15, -0.1) is 0 Å². The molecule has 0 heterocycles. The minimum atomic E-state index is 0.779. The third-order valence-corrected chi connectivity index (χ3v) is 1.41. The summed E-state index contributed by atoms with van der Waals surface area (Å²) < 4.78 is 0. The molecule has 0 fully saturated rings. The van der Waals surface area contributed by atoms with Gasteiger partial charge < -0.3 is 4.90 Å². The molecule has 0 N–H and O–H groups in total. The molecule has 0 aromatic rings. The van der Waals surface area contributed by atoms with Crippen molar-refractivity contribution in [2.75, 3.05) is 6.54 Å². The molecule has 0 amide bonds. The molecule has 0 saturated carbocycles. The first-order chi connectivity index (χ1) is 6.29. The fourth-order valence-electron chi connectivity index (χ4n) is 0.923. The normalized spacial score (nSPS) is 12.7. The van der Waals surface area contributed by atoms with Gasteiger partial charge in [0, 0.05) is 18.9 Å². The summed E-state index contributed by atoms with van der Waals surface area (Å²) in [5.74, 6) is 0.915. The molecule has 2 heteroatoms. The molecule has 0 atom stereocenters. The Morgan fingerprint density at radius 1 is 1.38 bits per heavy atom.